The lowest BCUT2D eigenvalue weighted by molar-refractivity contribution is -0.154. The van der Waals surface area contributed by atoms with Gasteiger partial charge in [-0.05, 0) is 38.9 Å². The molecule has 0 spiro atoms. The Hall–Kier alpha value is -1.10. The molecule has 18 heavy (non-hydrogen) atoms. The molecule has 1 unspecified atom stereocenters. The summed E-state index contributed by atoms with van der Waals surface area (Å²) in [5, 5.41) is 9.15. The third-order valence-corrected chi connectivity index (χ3v) is 3.78. The van der Waals surface area contributed by atoms with E-state index in [1.165, 1.54) is 0 Å². The highest BCUT2D eigenvalue weighted by atomic mass is 16.4. The zero-order chi connectivity index (χ0) is 13.9. The summed E-state index contributed by atoms with van der Waals surface area (Å²) >= 11 is 0. The molecule has 0 aromatic heterocycles. The van der Waals surface area contributed by atoms with Crippen molar-refractivity contribution in [1.82, 2.24) is 9.80 Å². The second kappa shape index (κ2) is 6.18. The Bertz CT molecular complexity index is 309. The van der Waals surface area contributed by atoms with E-state index in [4.69, 9.17) is 5.11 Å². The van der Waals surface area contributed by atoms with Gasteiger partial charge >= 0.3 is 5.97 Å². The zero-order valence-corrected chi connectivity index (χ0v) is 11.7. The van der Waals surface area contributed by atoms with Gasteiger partial charge in [-0.25, -0.2) is 0 Å². The van der Waals surface area contributed by atoms with Crippen LogP contribution in [0.25, 0.3) is 0 Å². The smallest absolute Gasteiger partial charge is 0.316 e. The lowest BCUT2D eigenvalue weighted by atomic mass is 9.93. The third kappa shape index (κ3) is 3.45. The first-order valence-electron chi connectivity index (χ1n) is 6.52. The number of rotatable bonds is 4. The molecule has 1 heterocycles. The maximum Gasteiger partial charge on any atom is 0.316 e. The van der Waals surface area contributed by atoms with Crippen molar-refractivity contribution in [3.8, 4) is 0 Å². The van der Waals surface area contributed by atoms with Gasteiger partial charge in [0.1, 0.15) is 5.92 Å². The van der Waals surface area contributed by atoms with Gasteiger partial charge in [0.2, 0.25) is 5.91 Å². The molecule has 0 saturated carbocycles. The SMILES string of the molecule is CC(C)C(C(=O)O)C(=O)N(C)C1CCN(C)CC1. The van der Waals surface area contributed by atoms with E-state index in [1.807, 2.05) is 0 Å². The summed E-state index contributed by atoms with van der Waals surface area (Å²) in [6.07, 6.45) is 1.84. The Balaban J connectivity index is 2.67. The summed E-state index contributed by atoms with van der Waals surface area (Å²) in [6.45, 7) is 5.47. The van der Waals surface area contributed by atoms with Gasteiger partial charge in [-0.2, -0.15) is 0 Å². The van der Waals surface area contributed by atoms with Gasteiger partial charge < -0.3 is 14.9 Å². The zero-order valence-electron chi connectivity index (χ0n) is 11.7. The number of hydrogen-bond donors (Lipinski definition) is 1. The predicted molar refractivity (Wildman–Crippen MR) is 69.3 cm³/mol. The van der Waals surface area contributed by atoms with Gasteiger partial charge in [-0.15, -0.1) is 0 Å². The van der Waals surface area contributed by atoms with E-state index in [0.717, 1.165) is 25.9 Å². The van der Waals surface area contributed by atoms with E-state index in [-0.39, 0.29) is 17.9 Å². The van der Waals surface area contributed by atoms with Crippen molar-refractivity contribution in [2.24, 2.45) is 11.8 Å². The van der Waals surface area contributed by atoms with Gasteiger partial charge in [0.25, 0.3) is 0 Å². The minimum absolute atomic E-state index is 0.175. The Morgan fingerprint density at radius 3 is 2.17 bits per heavy atom. The summed E-state index contributed by atoms with van der Waals surface area (Å²) < 4.78 is 0. The average molecular weight is 256 g/mol. The van der Waals surface area contributed by atoms with Crippen LogP contribution in [0.2, 0.25) is 0 Å². The van der Waals surface area contributed by atoms with Crippen LogP contribution in [0, 0.1) is 11.8 Å². The molecule has 0 aromatic carbocycles. The largest absolute Gasteiger partial charge is 0.481 e. The number of hydrogen-bond acceptors (Lipinski definition) is 3. The standard InChI is InChI=1S/C13H24N2O3/c1-9(2)11(13(17)18)12(16)15(4)10-5-7-14(3)8-6-10/h9-11H,5-8H2,1-4H3,(H,17,18). The maximum atomic E-state index is 12.2. The van der Waals surface area contributed by atoms with E-state index in [0.29, 0.717) is 0 Å². The molecule has 0 aliphatic carbocycles. The lowest BCUT2D eigenvalue weighted by Crippen LogP contribution is -2.48. The lowest BCUT2D eigenvalue weighted by Gasteiger charge is -2.36. The van der Waals surface area contributed by atoms with E-state index >= 15 is 0 Å². The predicted octanol–water partition coefficient (Wildman–Crippen LogP) is 0.896. The second-order valence-corrected chi connectivity index (χ2v) is 5.54. The molecule has 1 N–H and O–H groups in total. The molecular weight excluding hydrogens is 232 g/mol. The average Bonchev–Trinajstić information content (AvgIpc) is 2.28. The van der Waals surface area contributed by atoms with Crippen LogP contribution in [0.4, 0.5) is 0 Å². The first-order valence-corrected chi connectivity index (χ1v) is 6.52. The molecule has 1 saturated heterocycles. The van der Waals surface area contributed by atoms with Crippen molar-refractivity contribution in [3.05, 3.63) is 0 Å². The Morgan fingerprint density at radius 2 is 1.78 bits per heavy atom. The van der Waals surface area contributed by atoms with Crippen LogP contribution in [0.15, 0.2) is 0 Å². The summed E-state index contributed by atoms with van der Waals surface area (Å²) in [5.41, 5.74) is 0. The topological polar surface area (TPSA) is 60.9 Å². The highest BCUT2D eigenvalue weighted by Gasteiger charge is 2.35. The first kappa shape index (κ1) is 15.0. The highest BCUT2D eigenvalue weighted by molar-refractivity contribution is 5.97. The normalized spacial score (nSPS) is 19.8. The number of amides is 1. The molecule has 1 aliphatic rings. The van der Waals surface area contributed by atoms with Gasteiger partial charge in [-0.3, -0.25) is 9.59 Å². The molecule has 0 bridgehead atoms. The fourth-order valence-electron chi connectivity index (χ4n) is 2.46. The van der Waals surface area contributed by atoms with Gasteiger partial charge in [-0.1, -0.05) is 13.8 Å². The van der Waals surface area contributed by atoms with Crippen LogP contribution in [-0.4, -0.2) is 60.0 Å². The Labute approximate surface area is 109 Å². The minimum atomic E-state index is -1.02. The molecule has 0 radical (unpaired) electrons. The van der Waals surface area contributed by atoms with Crippen molar-refractivity contribution in [2.45, 2.75) is 32.7 Å². The van der Waals surface area contributed by atoms with Crippen molar-refractivity contribution in [2.75, 3.05) is 27.2 Å². The minimum Gasteiger partial charge on any atom is -0.481 e. The molecule has 1 rings (SSSR count). The quantitative estimate of drug-likeness (QED) is 0.759. The van der Waals surface area contributed by atoms with Gasteiger partial charge in [0.05, 0.1) is 0 Å². The molecule has 5 nitrogen and oxygen atoms in total. The first-order chi connectivity index (χ1) is 8.34. The highest BCUT2D eigenvalue weighted by Crippen LogP contribution is 2.20. The number of carbonyl (C=O) groups excluding carboxylic acids is 1. The fraction of sp³-hybridized carbons (Fsp3) is 0.846. The summed E-state index contributed by atoms with van der Waals surface area (Å²) in [6, 6.07) is 0.175. The van der Waals surface area contributed by atoms with Gasteiger partial charge in [0, 0.05) is 13.1 Å². The summed E-state index contributed by atoms with van der Waals surface area (Å²) in [7, 11) is 3.79. The molecule has 0 aromatic rings. The van der Waals surface area contributed by atoms with E-state index in [1.54, 1.807) is 25.8 Å². The number of aliphatic carboxylic acids is 1. The fourth-order valence-corrected chi connectivity index (χ4v) is 2.46. The number of carboxylic acids is 1. The second-order valence-electron chi connectivity index (χ2n) is 5.54. The van der Waals surface area contributed by atoms with Crippen LogP contribution in [-0.2, 0) is 9.59 Å². The van der Waals surface area contributed by atoms with Crippen LogP contribution in [0.5, 0.6) is 0 Å². The molecule has 5 heteroatoms. The van der Waals surface area contributed by atoms with E-state index < -0.39 is 11.9 Å². The number of piperidine rings is 1. The number of likely N-dealkylation sites (tertiary alicyclic amines) is 1. The third-order valence-electron chi connectivity index (χ3n) is 3.78. The molecular formula is C13H24N2O3. The van der Waals surface area contributed by atoms with Gasteiger partial charge in [0.15, 0.2) is 0 Å². The van der Waals surface area contributed by atoms with Crippen molar-refractivity contribution >= 4 is 11.9 Å². The van der Waals surface area contributed by atoms with Crippen LogP contribution >= 0.6 is 0 Å². The monoisotopic (exact) mass is 256 g/mol. The molecule has 104 valence electrons. The summed E-state index contributed by atoms with van der Waals surface area (Å²) in [4.78, 5) is 27.3. The van der Waals surface area contributed by atoms with E-state index in [9.17, 15) is 9.59 Å². The molecule has 1 atom stereocenters. The molecule has 1 amide bonds. The number of nitrogens with zero attached hydrogens (tertiary/aromatic N) is 2. The Kier molecular flexibility index (Phi) is 5.14. The van der Waals surface area contributed by atoms with Crippen molar-refractivity contribution in [3.63, 3.8) is 0 Å². The number of carbonyl (C=O) groups is 2. The number of carboxylic acid groups (broad SMARTS) is 1. The maximum absolute atomic E-state index is 12.2. The summed E-state index contributed by atoms with van der Waals surface area (Å²) in [5.74, 6) is -2.37. The molecule has 1 aliphatic heterocycles. The molecule has 1 fully saturated rings. The van der Waals surface area contributed by atoms with Crippen LogP contribution in [0.3, 0.4) is 0 Å². The van der Waals surface area contributed by atoms with Crippen molar-refractivity contribution < 1.29 is 14.7 Å². The van der Waals surface area contributed by atoms with Crippen molar-refractivity contribution in [1.29, 1.82) is 0 Å². The van der Waals surface area contributed by atoms with Crippen LogP contribution < -0.4 is 0 Å². The Morgan fingerprint density at radius 1 is 1.28 bits per heavy atom. The van der Waals surface area contributed by atoms with Crippen LogP contribution in [0.1, 0.15) is 26.7 Å². The van der Waals surface area contributed by atoms with E-state index in [2.05, 4.69) is 11.9 Å².